The number of carbonyl (C=O) groups is 1. The molecule has 0 saturated heterocycles. The number of nitrogens with one attached hydrogen (secondary N) is 1. The highest BCUT2D eigenvalue weighted by atomic mass is 35.5. The van der Waals surface area contributed by atoms with Crippen LogP contribution in [0.5, 0.6) is 0 Å². The molecule has 5 nitrogen and oxygen atoms in total. The molecule has 1 unspecified atom stereocenters. The number of H-pyrrole nitrogens is 1. The summed E-state index contributed by atoms with van der Waals surface area (Å²) in [5.41, 5.74) is 3.09. The van der Waals surface area contributed by atoms with E-state index in [0.29, 0.717) is 33.2 Å². The van der Waals surface area contributed by atoms with Crippen molar-refractivity contribution < 1.29 is 9.21 Å². The first kappa shape index (κ1) is 17.8. The van der Waals surface area contributed by atoms with E-state index in [2.05, 4.69) is 10.2 Å². The summed E-state index contributed by atoms with van der Waals surface area (Å²) >= 11 is 12.4. The number of carbonyl (C=O) groups excluding carboxylic acids is 1. The van der Waals surface area contributed by atoms with Gasteiger partial charge in [-0.1, -0.05) is 29.3 Å². The maximum absolute atomic E-state index is 13.3. The number of halogens is 2. The van der Waals surface area contributed by atoms with Crippen molar-refractivity contribution in [2.24, 2.45) is 0 Å². The number of amides is 1. The van der Waals surface area contributed by atoms with Gasteiger partial charge in [-0.3, -0.25) is 9.89 Å². The number of hydrogen-bond acceptors (Lipinski definition) is 3. The second-order valence-electron chi connectivity index (χ2n) is 7.48. The molecule has 1 aromatic carbocycles. The van der Waals surface area contributed by atoms with E-state index in [0.717, 1.165) is 32.1 Å². The smallest absolute Gasteiger partial charge is 0.290 e. The summed E-state index contributed by atoms with van der Waals surface area (Å²) in [5, 5.41) is 8.09. The molecular formula is C21H19Cl2N3O2. The van der Waals surface area contributed by atoms with E-state index in [1.165, 1.54) is 11.3 Å². The molecule has 1 fully saturated rings. The van der Waals surface area contributed by atoms with Gasteiger partial charge in [-0.2, -0.15) is 5.10 Å². The summed E-state index contributed by atoms with van der Waals surface area (Å²) in [6.07, 6.45) is 6.66. The Kier molecular flexibility index (Phi) is 4.44. The lowest BCUT2D eigenvalue weighted by atomic mass is 9.92. The zero-order chi connectivity index (χ0) is 19.3. The Labute approximate surface area is 172 Å². The fraction of sp³-hybridized carbons (Fsp3) is 0.333. The van der Waals surface area contributed by atoms with Crippen LogP contribution in [0.15, 0.2) is 40.9 Å². The largest absolute Gasteiger partial charge is 0.451 e. The Morgan fingerprint density at radius 3 is 2.82 bits per heavy atom. The van der Waals surface area contributed by atoms with Gasteiger partial charge >= 0.3 is 0 Å². The van der Waals surface area contributed by atoms with Gasteiger partial charge in [-0.25, -0.2) is 0 Å². The van der Waals surface area contributed by atoms with E-state index in [-0.39, 0.29) is 11.9 Å². The topological polar surface area (TPSA) is 62.1 Å². The molecular weight excluding hydrogens is 397 g/mol. The van der Waals surface area contributed by atoms with Gasteiger partial charge in [0.25, 0.3) is 5.91 Å². The van der Waals surface area contributed by atoms with Crippen LogP contribution in [0.25, 0.3) is 11.3 Å². The lowest BCUT2D eigenvalue weighted by molar-refractivity contribution is 0.0611. The second-order valence-corrected chi connectivity index (χ2v) is 8.26. The first-order valence-electron chi connectivity index (χ1n) is 9.50. The highest BCUT2D eigenvalue weighted by molar-refractivity contribution is 6.43. The molecule has 0 aliphatic heterocycles. The molecule has 1 saturated carbocycles. The summed E-state index contributed by atoms with van der Waals surface area (Å²) in [5.74, 6) is 0.840. The normalized spacial score (nSPS) is 18.7. The number of nitrogens with zero attached hydrogens (tertiary/aromatic N) is 2. The molecule has 3 aromatic rings. The third-order valence-electron chi connectivity index (χ3n) is 5.59. The van der Waals surface area contributed by atoms with Crippen LogP contribution in [0, 0.1) is 0 Å². The minimum atomic E-state index is -0.0520. The van der Waals surface area contributed by atoms with Crippen molar-refractivity contribution in [3.63, 3.8) is 0 Å². The number of hydrogen-bond donors (Lipinski definition) is 1. The molecule has 1 amide bonds. The van der Waals surface area contributed by atoms with E-state index in [9.17, 15) is 4.79 Å². The maximum atomic E-state index is 13.3. The molecule has 144 valence electrons. The van der Waals surface area contributed by atoms with Gasteiger partial charge in [0.2, 0.25) is 0 Å². The molecule has 5 rings (SSSR count). The van der Waals surface area contributed by atoms with Gasteiger partial charge in [-0.15, -0.1) is 0 Å². The average Bonchev–Trinajstić information content (AvgIpc) is 3.21. The van der Waals surface area contributed by atoms with E-state index in [4.69, 9.17) is 27.6 Å². The molecule has 0 radical (unpaired) electrons. The van der Waals surface area contributed by atoms with E-state index >= 15 is 0 Å². The lowest BCUT2D eigenvalue weighted by Crippen LogP contribution is -2.44. The monoisotopic (exact) mass is 415 g/mol. The molecule has 2 aliphatic carbocycles. The van der Waals surface area contributed by atoms with Crippen LogP contribution in [0.3, 0.4) is 0 Å². The van der Waals surface area contributed by atoms with Crippen molar-refractivity contribution >= 4 is 29.1 Å². The van der Waals surface area contributed by atoms with Crippen LogP contribution in [0.2, 0.25) is 10.0 Å². The van der Waals surface area contributed by atoms with Gasteiger partial charge in [0.15, 0.2) is 5.76 Å². The number of aromatic amines is 1. The van der Waals surface area contributed by atoms with Crippen LogP contribution in [-0.4, -0.2) is 33.1 Å². The molecule has 28 heavy (non-hydrogen) atoms. The number of furan rings is 1. The van der Waals surface area contributed by atoms with Crippen LogP contribution < -0.4 is 0 Å². The zero-order valence-electron chi connectivity index (χ0n) is 15.1. The molecule has 1 N–H and O–H groups in total. The van der Waals surface area contributed by atoms with Gasteiger partial charge in [0.1, 0.15) is 5.76 Å². The van der Waals surface area contributed by atoms with Crippen molar-refractivity contribution in [3.05, 3.63) is 63.6 Å². The molecule has 7 heteroatoms. The summed E-state index contributed by atoms with van der Waals surface area (Å²) in [6.45, 7) is 0. The fourth-order valence-corrected chi connectivity index (χ4v) is 4.43. The lowest BCUT2D eigenvalue weighted by Gasteiger charge is -2.33. The Morgan fingerprint density at radius 1 is 1.14 bits per heavy atom. The van der Waals surface area contributed by atoms with Crippen molar-refractivity contribution in [2.45, 2.75) is 44.2 Å². The minimum Gasteiger partial charge on any atom is -0.451 e. The Bertz CT molecular complexity index is 1040. The van der Waals surface area contributed by atoms with E-state index in [1.807, 2.05) is 23.2 Å². The van der Waals surface area contributed by atoms with Gasteiger partial charge in [-0.05, 0) is 61.9 Å². The maximum Gasteiger partial charge on any atom is 0.290 e. The van der Waals surface area contributed by atoms with Crippen molar-refractivity contribution in [3.8, 4) is 11.3 Å². The van der Waals surface area contributed by atoms with Crippen molar-refractivity contribution in [1.29, 1.82) is 0 Å². The summed E-state index contributed by atoms with van der Waals surface area (Å²) in [7, 11) is 0. The minimum absolute atomic E-state index is 0.0520. The Hall–Kier alpha value is -2.24. The quantitative estimate of drug-likeness (QED) is 0.641. The highest BCUT2D eigenvalue weighted by Crippen LogP contribution is 2.37. The van der Waals surface area contributed by atoms with Gasteiger partial charge in [0, 0.05) is 23.3 Å². The highest BCUT2D eigenvalue weighted by Gasteiger charge is 2.40. The van der Waals surface area contributed by atoms with Crippen LogP contribution in [0.4, 0.5) is 0 Å². The Balaban J connectivity index is 1.42. The standard InChI is InChI=1S/C21H19Cl2N3O2/c22-16-3-1-2-15(20(16)23)18-8-9-19(28-18)21(27)26(13-4-5-13)14-6-7-17-12(10-14)11-24-25-17/h1-3,8-9,11,13-14H,4-7,10H2,(H,24,25). The molecule has 0 bridgehead atoms. The van der Waals surface area contributed by atoms with Crippen molar-refractivity contribution in [2.75, 3.05) is 0 Å². The third kappa shape index (κ3) is 3.12. The summed E-state index contributed by atoms with van der Waals surface area (Å²) in [6, 6.07) is 9.37. The zero-order valence-corrected chi connectivity index (χ0v) is 16.6. The fourth-order valence-electron chi connectivity index (χ4n) is 4.04. The predicted molar refractivity (Wildman–Crippen MR) is 108 cm³/mol. The summed E-state index contributed by atoms with van der Waals surface area (Å²) < 4.78 is 5.92. The number of benzene rings is 1. The first-order valence-corrected chi connectivity index (χ1v) is 10.3. The Morgan fingerprint density at radius 2 is 2.00 bits per heavy atom. The van der Waals surface area contributed by atoms with Crippen LogP contribution in [0.1, 0.15) is 41.1 Å². The van der Waals surface area contributed by atoms with Gasteiger partial charge in [0.05, 0.1) is 16.2 Å². The summed E-state index contributed by atoms with van der Waals surface area (Å²) in [4.78, 5) is 15.3. The van der Waals surface area contributed by atoms with Crippen molar-refractivity contribution in [1.82, 2.24) is 15.1 Å². The van der Waals surface area contributed by atoms with E-state index < -0.39 is 0 Å². The third-order valence-corrected chi connectivity index (χ3v) is 6.41. The molecule has 0 spiro atoms. The SMILES string of the molecule is O=C(c1ccc(-c2cccc(Cl)c2Cl)o1)N(C1CC1)C1CCc2[nH]ncc2C1. The van der Waals surface area contributed by atoms with Crippen LogP contribution in [-0.2, 0) is 12.8 Å². The number of aromatic nitrogens is 2. The molecule has 1 atom stereocenters. The number of aryl methyl sites for hydroxylation is 1. The molecule has 2 aliphatic rings. The van der Waals surface area contributed by atoms with E-state index in [1.54, 1.807) is 18.2 Å². The first-order chi connectivity index (χ1) is 13.6. The predicted octanol–water partition coefficient (Wildman–Crippen LogP) is 5.14. The molecule has 2 heterocycles. The van der Waals surface area contributed by atoms with Gasteiger partial charge < -0.3 is 9.32 Å². The molecule has 2 aromatic heterocycles. The number of fused-ring (bicyclic) bond motifs is 1. The number of rotatable bonds is 4. The average molecular weight is 416 g/mol. The second kappa shape index (κ2) is 6.98. The van der Waals surface area contributed by atoms with Crippen LogP contribution >= 0.6 is 23.2 Å².